The van der Waals surface area contributed by atoms with Crippen molar-refractivity contribution in [2.75, 3.05) is 0 Å². The number of aromatic nitrogens is 1. The largest absolute Gasteiger partial charge is 0.480 e. The molecule has 6 heteroatoms. The molecule has 1 aromatic heterocycles. The molecule has 0 aliphatic rings. The summed E-state index contributed by atoms with van der Waals surface area (Å²) in [6.45, 7) is 5.18. The summed E-state index contributed by atoms with van der Waals surface area (Å²) in [5, 5.41) is 17.8. The van der Waals surface area contributed by atoms with Crippen LogP contribution in [0.15, 0.2) is 11.1 Å². The average Bonchev–Trinajstić information content (AvgIpc) is 2.23. The number of rotatable bonds is 5. The van der Waals surface area contributed by atoms with Gasteiger partial charge in [-0.2, -0.15) is 0 Å². The molecule has 0 fully saturated rings. The highest BCUT2D eigenvalue weighted by atomic mass is 32.2. The highest BCUT2D eigenvalue weighted by Crippen LogP contribution is 2.29. The van der Waals surface area contributed by atoms with E-state index in [0.717, 1.165) is 11.8 Å². The highest BCUT2D eigenvalue weighted by Gasteiger charge is 2.23. The number of carboxylic acids is 2. The smallest absolute Gasteiger partial charge is 0.338 e. The normalized spacial score (nSPS) is 12.2. The first-order chi connectivity index (χ1) is 8.36. The predicted octanol–water partition coefficient (Wildman–Crippen LogP) is 2.35. The van der Waals surface area contributed by atoms with Gasteiger partial charge in [0.25, 0.3) is 0 Å². The number of hydrogen-bond acceptors (Lipinski definition) is 4. The second-order valence-corrected chi connectivity index (χ2v) is 5.11. The number of aryl methyl sites for hydroxylation is 2. The monoisotopic (exact) mass is 269 g/mol. The van der Waals surface area contributed by atoms with Crippen LogP contribution in [0.3, 0.4) is 0 Å². The summed E-state index contributed by atoms with van der Waals surface area (Å²) in [6.07, 6.45) is 0.410. The third-order valence-electron chi connectivity index (χ3n) is 2.43. The SMILES string of the molecule is CCC(Sc1nc(C)cc(C)c1C(=O)O)C(=O)O. The molecule has 0 amide bonds. The maximum Gasteiger partial charge on any atom is 0.338 e. The van der Waals surface area contributed by atoms with Crippen molar-refractivity contribution in [3.63, 3.8) is 0 Å². The van der Waals surface area contributed by atoms with Gasteiger partial charge >= 0.3 is 11.9 Å². The van der Waals surface area contributed by atoms with Gasteiger partial charge in [-0.1, -0.05) is 18.7 Å². The Kier molecular flexibility index (Phi) is 4.72. The minimum absolute atomic E-state index is 0.0882. The van der Waals surface area contributed by atoms with Gasteiger partial charge in [-0.25, -0.2) is 9.78 Å². The molecule has 98 valence electrons. The lowest BCUT2D eigenvalue weighted by Gasteiger charge is -2.13. The standard InChI is InChI=1S/C12H15NO4S/c1-4-8(11(14)15)18-10-9(12(16)17)6(2)5-7(3)13-10/h5,8H,4H2,1-3H3,(H,14,15)(H,16,17). The molecule has 0 saturated carbocycles. The zero-order valence-electron chi connectivity index (χ0n) is 10.4. The van der Waals surface area contributed by atoms with Gasteiger partial charge in [-0.3, -0.25) is 4.79 Å². The van der Waals surface area contributed by atoms with Gasteiger partial charge in [-0.15, -0.1) is 0 Å². The van der Waals surface area contributed by atoms with Gasteiger partial charge in [-0.05, 0) is 31.9 Å². The fourth-order valence-corrected chi connectivity index (χ4v) is 2.69. The van der Waals surface area contributed by atoms with Crippen molar-refractivity contribution in [3.8, 4) is 0 Å². The predicted molar refractivity (Wildman–Crippen MR) is 68.2 cm³/mol. The van der Waals surface area contributed by atoms with Crippen LogP contribution in [0, 0.1) is 13.8 Å². The fourth-order valence-electron chi connectivity index (χ4n) is 1.59. The number of aromatic carboxylic acids is 1. The lowest BCUT2D eigenvalue weighted by Crippen LogP contribution is -2.16. The minimum Gasteiger partial charge on any atom is -0.480 e. The molecule has 0 aromatic carbocycles. The van der Waals surface area contributed by atoms with E-state index in [4.69, 9.17) is 10.2 Å². The topological polar surface area (TPSA) is 87.5 Å². The van der Waals surface area contributed by atoms with E-state index in [1.54, 1.807) is 26.8 Å². The Morgan fingerprint density at radius 1 is 1.39 bits per heavy atom. The lowest BCUT2D eigenvalue weighted by molar-refractivity contribution is -0.136. The number of pyridine rings is 1. The van der Waals surface area contributed by atoms with Crippen molar-refractivity contribution in [2.45, 2.75) is 37.5 Å². The van der Waals surface area contributed by atoms with E-state index in [-0.39, 0.29) is 10.6 Å². The van der Waals surface area contributed by atoms with Crippen LogP contribution in [0.2, 0.25) is 0 Å². The number of thioether (sulfide) groups is 1. The Morgan fingerprint density at radius 2 is 2.00 bits per heavy atom. The van der Waals surface area contributed by atoms with E-state index in [9.17, 15) is 9.59 Å². The third-order valence-corrected chi connectivity index (χ3v) is 3.76. The van der Waals surface area contributed by atoms with Crippen molar-refractivity contribution < 1.29 is 19.8 Å². The van der Waals surface area contributed by atoms with E-state index in [0.29, 0.717) is 17.7 Å². The Hall–Kier alpha value is -1.56. The summed E-state index contributed by atoms with van der Waals surface area (Å²) in [5.41, 5.74) is 1.36. The molecule has 2 N–H and O–H groups in total. The van der Waals surface area contributed by atoms with Gasteiger partial charge in [0.2, 0.25) is 0 Å². The van der Waals surface area contributed by atoms with E-state index in [1.807, 2.05) is 0 Å². The molecule has 1 atom stereocenters. The molecule has 5 nitrogen and oxygen atoms in total. The molecule has 0 radical (unpaired) electrons. The number of carboxylic acid groups (broad SMARTS) is 2. The van der Waals surface area contributed by atoms with Crippen LogP contribution in [0.4, 0.5) is 0 Å². The molecule has 0 spiro atoms. The maximum absolute atomic E-state index is 11.2. The first kappa shape index (κ1) is 14.5. The molecule has 1 unspecified atom stereocenters. The van der Waals surface area contributed by atoms with Crippen LogP contribution in [-0.4, -0.2) is 32.4 Å². The molecule has 18 heavy (non-hydrogen) atoms. The van der Waals surface area contributed by atoms with Crippen molar-refractivity contribution in [2.24, 2.45) is 0 Å². The van der Waals surface area contributed by atoms with Gasteiger partial charge in [0.05, 0.1) is 5.56 Å². The van der Waals surface area contributed by atoms with Crippen LogP contribution in [0.5, 0.6) is 0 Å². The Balaban J connectivity index is 3.22. The third kappa shape index (κ3) is 3.22. The van der Waals surface area contributed by atoms with Crippen LogP contribution in [0.25, 0.3) is 0 Å². The molecule has 0 aliphatic heterocycles. The van der Waals surface area contributed by atoms with Crippen molar-refractivity contribution in [1.82, 2.24) is 4.98 Å². The Labute approximate surface area is 109 Å². The first-order valence-electron chi connectivity index (χ1n) is 5.47. The van der Waals surface area contributed by atoms with Gasteiger partial charge in [0, 0.05) is 5.69 Å². The van der Waals surface area contributed by atoms with Crippen LogP contribution >= 0.6 is 11.8 Å². The summed E-state index contributed by atoms with van der Waals surface area (Å²) < 4.78 is 0. The second kappa shape index (κ2) is 5.86. The zero-order valence-corrected chi connectivity index (χ0v) is 11.2. The minimum atomic E-state index is -1.08. The molecular formula is C12H15NO4S. The quantitative estimate of drug-likeness (QED) is 0.798. The van der Waals surface area contributed by atoms with Crippen molar-refractivity contribution >= 4 is 23.7 Å². The number of hydrogen-bond donors (Lipinski definition) is 2. The molecule has 0 aliphatic carbocycles. The van der Waals surface area contributed by atoms with E-state index in [2.05, 4.69) is 4.98 Å². The first-order valence-corrected chi connectivity index (χ1v) is 6.35. The molecule has 1 rings (SSSR count). The van der Waals surface area contributed by atoms with Gasteiger partial charge in [0.15, 0.2) is 0 Å². The maximum atomic E-state index is 11.2. The van der Waals surface area contributed by atoms with Crippen molar-refractivity contribution in [1.29, 1.82) is 0 Å². The fraction of sp³-hybridized carbons (Fsp3) is 0.417. The number of nitrogens with zero attached hydrogens (tertiary/aromatic N) is 1. The van der Waals surface area contributed by atoms with Gasteiger partial charge in [0.1, 0.15) is 10.3 Å². The van der Waals surface area contributed by atoms with E-state index >= 15 is 0 Å². The van der Waals surface area contributed by atoms with Gasteiger partial charge < -0.3 is 10.2 Å². The molecular weight excluding hydrogens is 254 g/mol. The molecule has 1 aromatic rings. The molecule has 0 saturated heterocycles. The van der Waals surface area contributed by atoms with Crippen molar-refractivity contribution in [3.05, 3.63) is 22.9 Å². The van der Waals surface area contributed by atoms with E-state index in [1.165, 1.54) is 0 Å². The molecule has 0 bridgehead atoms. The summed E-state index contributed by atoms with van der Waals surface area (Å²) in [6, 6.07) is 1.68. The second-order valence-electron chi connectivity index (χ2n) is 3.92. The molecule has 1 heterocycles. The average molecular weight is 269 g/mol. The lowest BCUT2D eigenvalue weighted by atomic mass is 10.1. The van der Waals surface area contributed by atoms with Crippen LogP contribution < -0.4 is 0 Å². The summed E-state index contributed by atoms with van der Waals surface area (Å²) >= 11 is 0.989. The summed E-state index contributed by atoms with van der Waals surface area (Å²) in [7, 11) is 0. The van der Waals surface area contributed by atoms with Crippen LogP contribution in [0.1, 0.15) is 35.0 Å². The van der Waals surface area contributed by atoms with Crippen LogP contribution in [-0.2, 0) is 4.79 Å². The Morgan fingerprint density at radius 3 is 2.44 bits per heavy atom. The highest BCUT2D eigenvalue weighted by molar-refractivity contribution is 8.00. The number of aliphatic carboxylic acids is 1. The summed E-state index contributed by atoms with van der Waals surface area (Å²) in [4.78, 5) is 26.3. The Bertz CT molecular complexity index is 487. The van der Waals surface area contributed by atoms with E-state index < -0.39 is 17.2 Å². The summed E-state index contributed by atoms with van der Waals surface area (Å²) in [5.74, 6) is -2.04. The zero-order chi connectivity index (χ0) is 13.9. The number of carbonyl (C=O) groups is 2.